The highest BCUT2D eigenvalue weighted by molar-refractivity contribution is 7.99. The maximum absolute atomic E-state index is 10.1. The Morgan fingerprint density at radius 2 is 1.60 bits per heavy atom. The molecule has 0 saturated heterocycles. The van der Waals surface area contributed by atoms with Crippen LogP contribution < -0.4 is 0 Å². The molecule has 0 aliphatic rings. The summed E-state index contributed by atoms with van der Waals surface area (Å²) in [6.45, 7) is 3.27. The number of hydrogen-bond acceptors (Lipinski definition) is 4. The standard InChI is InChI=1S/C10H21O4S/c1-12-4-5-13-6-7-14-8-10-15-9-2-3-11/h2-10H2,1H3. The van der Waals surface area contributed by atoms with Gasteiger partial charge in [0.1, 0.15) is 0 Å². The van der Waals surface area contributed by atoms with Crippen molar-refractivity contribution in [1.82, 2.24) is 0 Å². The first-order chi connectivity index (χ1) is 7.41. The third kappa shape index (κ3) is 14.2. The molecule has 0 rings (SSSR count). The SMILES string of the molecule is COCCOCCOCCSCCC[O]. The highest BCUT2D eigenvalue weighted by Gasteiger charge is 1.91. The minimum atomic E-state index is 0.0290. The Morgan fingerprint density at radius 3 is 2.27 bits per heavy atom. The lowest BCUT2D eigenvalue weighted by Gasteiger charge is -2.05. The average molecular weight is 237 g/mol. The van der Waals surface area contributed by atoms with Crippen molar-refractivity contribution in [2.45, 2.75) is 6.42 Å². The Bertz CT molecular complexity index is 102. The van der Waals surface area contributed by atoms with Gasteiger partial charge in [-0.15, -0.1) is 0 Å². The topological polar surface area (TPSA) is 47.6 Å². The van der Waals surface area contributed by atoms with Gasteiger partial charge in [0, 0.05) is 12.9 Å². The molecule has 0 spiro atoms. The van der Waals surface area contributed by atoms with E-state index >= 15 is 0 Å². The molecule has 0 aliphatic heterocycles. The van der Waals surface area contributed by atoms with Crippen molar-refractivity contribution < 1.29 is 19.3 Å². The number of rotatable bonds is 12. The van der Waals surface area contributed by atoms with Gasteiger partial charge in [-0.1, -0.05) is 0 Å². The molecule has 0 bridgehead atoms. The van der Waals surface area contributed by atoms with E-state index in [-0.39, 0.29) is 6.61 Å². The number of hydrogen-bond donors (Lipinski definition) is 0. The second-order valence-corrected chi connectivity index (χ2v) is 4.11. The molecular weight excluding hydrogens is 216 g/mol. The smallest absolute Gasteiger partial charge is 0.0830 e. The fourth-order valence-electron chi connectivity index (χ4n) is 0.845. The van der Waals surface area contributed by atoms with Gasteiger partial charge in [-0.2, -0.15) is 11.8 Å². The predicted octanol–water partition coefficient (Wildman–Crippen LogP) is 1.22. The molecule has 0 aromatic rings. The molecule has 0 aromatic carbocycles. The first-order valence-electron chi connectivity index (χ1n) is 5.22. The van der Waals surface area contributed by atoms with Gasteiger partial charge in [-0.3, -0.25) is 0 Å². The normalized spacial score (nSPS) is 10.8. The van der Waals surface area contributed by atoms with Crippen molar-refractivity contribution in [2.75, 3.05) is 58.3 Å². The lowest BCUT2D eigenvalue weighted by Crippen LogP contribution is -2.09. The summed E-state index contributed by atoms with van der Waals surface area (Å²) in [5, 5.41) is 10.1. The monoisotopic (exact) mass is 237 g/mol. The Morgan fingerprint density at radius 1 is 0.933 bits per heavy atom. The first-order valence-corrected chi connectivity index (χ1v) is 6.37. The molecule has 0 aromatic heterocycles. The lowest BCUT2D eigenvalue weighted by molar-refractivity contribution is 0.0286. The van der Waals surface area contributed by atoms with Crippen LogP contribution in [0.5, 0.6) is 0 Å². The average Bonchev–Trinajstić information content (AvgIpc) is 2.26. The summed E-state index contributed by atoms with van der Waals surface area (Å²) >= 11 is 1.76. The second kappa shape index (κ2) is 14.2. The largest absolute Gasteiger partial charge is 0.382 e. The summed E-state index contributed by atoms with van der Waals surface area (Å²) in [7, 11) is 1.65. The summed E-state index contributed by atoms with van der Waals surface area (Å²) in [5.74, 6) is 1.90. The highest BCUT2D eigenvalue weighted by atomic mass is 32.2. The Labute approximate surface area is 96.3 Å². The Balaban J connectivity index is 2.81. The van der Waals surface area contributed by atoms with E-state index in [2.05, 4.69) is 0 Å². The zero-order valence-electron chi connectivity index (χ0n) is 9.41. The summed E-state index contributed by atoms with van der Waals surface area (Å²) in [4.78, 5) is 0. The van der Waals surface area contributed by atoms with Crippen LogP contribution in [0.2, 0.25) is 0 Å². The van der Waals surface area contributed by atoms with E-state index in [1.165, 1.54) is 0 Å². The van der Waals surface area contributed by atoms with Crippen molar-refractivity contribution >= 4 is 11.8 Å². The van der Waals surface area contributed by atoms with Crippen LogP contribution in [0.15, 0.2) is 0 Å². The molecule has 0 N–H and O–H groups in total. The molecule has 0 fully saturated rings. The van der Waals surface area contributed by atoms with Crippen molar-refractivity contribution in [3.05, 3.63) is 0 Å². The van der Waals surface area contributed by atoms with Crippen LogP contribution in [-0.2, 0) is 19.3 Å². The van der Waals surface area contributed by atoms with Crippen molar-refractivity contribution in [2.24, 2.45) is 0 Å². The molecule has 0 unspecified atom stereocenters. The molecule has 0 amide bonds. The van der Waals surface area contributed by atoms with Crippen LogP contribution in [0.1, 0.15) is 6.42 Å². The van der Waals surface area contributed by atoms with Gasteiger partial charge in [-0.05, 0) is 12.2 Å². The third-order valence-corrected chi connectivity index (χ3v) is 2.64. The van der Waals surface area contributed by atoms with Gasteiger partial charge in [0.25, 0.3) is 0 Å². The van der Waals surface area contributed by atoms with E-state index in [0.717, 1.165) is 24.5 Å². The van der Waals surface area contributed by atoms with Crippen molar-refractivity contribution in [3.8, 4) is 0 Å². The van der Waals surface area contributed by atoms with Crippen LogP contribution in [0.4, 0.5) is 0 Å². The van der Waals surface area contributed by atoms with Crippen LogP contribution >= 0.6 is 11.8 Å². The van der Waals surface area contributed by atoms with Gasteiger partial charge in [0.15, 0.2) is 0 Å². The number of thioether (sulfide) groups is 1. The fraction of sp³-hybridized carbons (Fsp3) is 1.00. The van der Waals surface area contributed by atoms with Crippen LogP contribution in [-0.4, -0.2) is 58.3 Å². The molecular formula is C10H21O4S. The van der Waals surface area contributed by atoms with E-state index in [1.807, 2.05) is 0 Å². The van der Waals surface area contributed by atoms with E-state index < -0.39 is 0 Å². The van der Waals surface area contributed by atoms with Gasteiger partial charge in [0.2, 0.25) is 0 Å². The quantitative estimate of drug-likeness (QED) is 0.479. The van der Waals surface area contributed by atoms with E-state index in [0.29, 0.717) is 26.4 Å². The minimum Gasteiger partial charge on any atom is -0.382 e. The maximum Gasteiger partial charge on any atom is 0.0830 e. The number of ether oxygens (including phenoxy) is 3. The van der Waals surface area contributed by atoms with E-state index in [9.17, 15) is 5.11 Å². The maximum atomic E-state index is 10.1. The minimum absolute atomic E-state index is 0.0290. The Hall–Kier alpha value is 0.190. The summed E-state index contributed by atoms with van der Waals surface area (Å²) < 4.78 is 15.4. The molecule has 0 atom stereocenters. The molecule has 1 radical (unpaired) electrons. The highest BCUT2D eigenvalue weighted by Crippen LogP contribution is 2.01. The molecule has 0 saturated carbocycles. The first kappa shape index (κ1) is 15.2. The molecule has 0 aliphatic carbocycles. The predicted molar refractivity (Wildman–Crippen MR) is 61.0 cm³/mol. The van der Waals surface area contributed by atoms with Crippen LogP contribution in [0, 0.1) is 0 Å². The van der Waals surface area contributed by atoms with Crippen molar-refractivity contribution in [3.63, 3.8) is 0 Å². The fourth-order valence-corrected chi connectivity index (χ4v) is 1.61. The van der Waals surface area contributed by atoms with E-state index in [1.54, 1.807) is 18.9 Å². The summed E-state index contributed by atoms with van der Waals surface area (Å²) in [6.07, 6.45) is 0.755. The zero-order valence-corrected chi connectivity index (χ0v) is 10.2. The van der Waals surface area contributed by atoms with E-state index in [4.69, 9.17) is 14.2 Å². The van der Waals surface area contributed by atoms with Crippen molar-refractivity contribution in [1.29, 1.82) is 0 Å². The van der Waals surface area contributed by atoms with Gasteiger partial charge in [-0.25, -0.2) is 5.11 Å². The van der Waals surface area contributed by atoms with Crippen LogP contribution in [0.25, 0.3) is 0 Å². The van der Waals surface area contributed by atoms with Gasteiger partial charge in [0.05, 0.1) is 39.6 Å². The molecule has 5 heteroatoms. The molecule has 4 nitrogen and oxygen atoms in total. The second-order valence-electron chi connectivity index (χ2n) is 2.89. The van der Waals surface area contributed by atoms with Gasteiger partial charge >= 0.3 is 0 Å². The molecule has 0 heterocycles. The number of methoxy groups -OCH3 is 1. The summed E-state index contributed by atoms with van der Waals surface area (Å²) in [6, 6.07) is 0. The lowest BCUT2D eigenvalue weighted by atomic mass is 10.5. The molecule has 91 valence electrons. The third-order valence-electron chi connectivity index (χ3n) is 1.61. The summed E-state index contributed by atoms with van der Waals surface area (Å²) in [5.41, 5.74) is 0. The van der Waals surface area contributed by atoms with Crippen LogP contribution in [0.3, 0.4) is 0 Å². The zero-order chi connectivity index (χ0) is 11.2. The Kier molecular flexibility index (Phi) is 14.4. The molecule has 15 heavy (non-hydrogen) atoms. The van der Waals surface area contributed by atoms with Gasteiger partial charge < -0.3 is 14.2 Å².